The van der Waals surface area contributed by atoms with Crippen LogP contribution in [-0.2, 0) is 4.74 Å². The molecule has 0 fully saturated rings. The summed E-state index contributed by atoms with van der Waals surface area (Å²) in [5.74, 6) is -0.386. The molecule has 0 aromatic carbocycles. The first-order chi connectivity index (χ1) is 6.79. The molecule has 0 amide bonds. The zero-order valence-corrected chi connectivity index (χ0v) is 11.8. The van der Waals surface area contributed by atoms with E-state index in [2.05, 4.69) is 36.8 Å². The monoisotopic (exact) mass is 335 g/mol. The molecule has 0 unspecified atom stereocenters. The molecule has 5 heteroatoms. The normalized spacial score (nSPS) is 11.3. The maximum Gasteiger partial charge on any atom is 0.341 e. The van der Waals surface area contributed by atoms with Gasteiger partial charge in [0.05, 0.1) is 5.56 Å². The molecular weight excluding hydrogens is 326 g/mol. The molecule has 0 spiro atoms. The van der Waals surface area contributed by atoms with E-state index >= 15 is 0 Å². The Morgan fingerprint density at radius 2 is 2.00 bits per heavy atom. The summed E-state index contributed by atoms with van der Waals surface area (Å²) in [6.07, 6.45) is 1.61. The fourth-order valence-corrected chi connectivity index (χ4v) is 1.61. The molecule has 0 aliphatic carbocycles. The minimum atomic E-state index is -0.501. The van der Waals surface area contributed by atoms with E-state index in [1.807, 2.05) is 20.8 Å². The highest BCUT2D eigenvalue weighted by Crippen LogP contribution is 2.21. The van der Waals surface area contributed by atoms with Gasteiger partial charge >= 0.3 is 5.97 Å². The minimum Gasteiger partial charge on any atom is -0.456 e. The van der Waals surface area contributed by atoms with Crippen molar-refractivity contribution in [2.24, 2.45) is 0 Å². The summed E-state index contributed by atoms with van der Waals surface area (Å²) in [6.45, 7) is 5.47. The third kappa shape index (κ3) is 3.91. The maximum atomic E-state index is 11.7. The van der Waals surface area contributed by atoms with Crippen LogP contribution in [0.15, 0.2) is 21.3 Å². The van der Waals surface area contributed by atoms with Crippen LogP contribution in [0, 0.1) is 0 Å². The average Bonchev–Trinajstić information content (AvgIpc) is 2.06. The van der Waals surface area contributed by atoms with E-state index in [1.165, 1.54) is 0 Å². The molecule has 3 nitrogen and oxygen atoms in total. The maximum absolute atomic E-state index is 11.7. The van der Waals surface area contributed by atoms with E-state index in [-0.39, 0.29) is 5.97 Å². The first kappa shape index (κ1) is 12.6. The number of hydrogen-bond donors (Lipinski definition) is 0. The first-order valence-corrected chi connectivity index (χ1v) is 5.92. The number of esters is 1. The second-order valence-electron chi connectivity index (χ2n) is 3.99. The van der Waals surface area contributed by atoms with Gasteiger partial charge in [-0.05, 0) is 58.7 Å². The molecule has 0 bridgehead atoms. The van der Waals surface area contributed by atoms with E-state index in [0.29, 0.717) is 10.2 Å². The quantitative estimate of drug-likeness (QED) is 0.581. The van der Waals surface area contributed by atoms with Gasteiger partial charge in [-0.15, -0.1) is 0 Å². The predicted octanol–water partition coefficient (Wildman–Crippen LogP) is 3.56. The number of rotatable bonds is 1. The summed E-state index contributed by atoms with van der Waals surface area (Å²) in [4.78, 5) is 15.7. The van der Waals surface area contributed by atoms with Gasteiger partial charge in [-0.2, -0.15) is 0 Å². The van der Waals surface area contributed by atoms with Crippen LogP contribution in [0.5, 0.6) is 0 Å². The summed E-state index contributed by atoms with van der Waals surface area (Å²) in [5, 5.41) is 0. The van der Waals surface area contributed by atoms with E-state index in [0.717, 1.165) is 4.47 Å². The summed E-state index contributed by atoms with van der Waals surface area (Å²) in [5.41, 5.74) is -0.0851. The molecule has 0 atom stereocenters. The van der Waals surface area contributed by atoms with Crippen LogP contribution >= 0.6 is 31.9 Å². The summed E-state index contributed by atoms with van der Waals surface area (Å²) >= 11 is 6.46. The SMILES string of the molecule is CC(C)(C)OC(=O)c1cc(Br)cnc1Br. The van der Waals surface area contributed by atoms with Crippen LogP contribution < -0.4 is 0 Å². The molecule has 1 aromatic heterocycles. The molecular formula is C10H11Br2NO2. The van der Waals surface area contributed by atoms with Gasteiger partial charge in [0, 0.05) is 10.7 Å². The van der Waals surface area contributed by atoms with Crippen molar-refractivity contribution in [1.82, 2.24) is 4.98 Å². The third-order valence-corrected chi connectivity index (χ3v) is 2.49. The van der Waals surface area contributed by atoms with Crippen LogP contribution in [0.2, 0.25) is 0 Å². The first-order valence-electron chi connectivity index (χ1n) is 4.34. The van der Waals surface area contributed by atoms with Crippen LogP contribution in [0.1, 0.15) is 31.1 Å². The van der Waals surface area contributed by atoms with E-state index < -0.39 is 5.60 Å². The van der Waals surface area contributed by atoms with Gasteiger partial charge in [0.1, 0.15) is 10.2 Å². The summed E-state index contributed by atoms with van der Waals surface area (Å²) < 4.78 is 6.46. The third-order valence-electron chi connectivity index (χ3n) is 1.42. The van der Waals surface area contributed by atoms with Crippen LogP contribution in [0.3, 0.4) is 0 Å². The number of aromatic nitrogens is 1. The lowest BCUT2D eigenvalue weighted by Crippen LogP contribution is -2.24. The van der Waals surface area contributed by atoms with Crippen LogP contribution in [0.25, 0.3) is 0 Å². The summed E-state index contributed by atoms with van der Waals surface area (Å²) in [7, 11) is 0. The number of ether oxygens (including phenoxy) is 1. The molecule has 15 heavy (non-hydrogen) atoms. The minimum absolute atomic E-state index is 0.386. The molecule has 82 valence electrons. The lowest BCUT2D eigenvalue weighted by Gasteiger charge is -2.19. The Bertz CT molecular complexity index is 385. The van der Waals surface area contributed by atoms with E-state index in [4.69, 9.17) is 4.74 Å². The number of nitrogens with zero attached hydrogens (tertiary/aromatic N) is 1. The van der Waals surface area contributed by atoms with Crippen molar-refractivity contribution in [2.45, 2.75) is 26.4 Å². The number of hydrogen-bond acceptors (Lipinski definition) is 3. The molecule has 1 heterocycles. The fourth-order valence-electron chi connectivity index (χ4n) is 0.899. The van der Waals surface area contributed by atoms with Gasteiger partial charge in [-0.1, -0.05) is 0 Å². The Labute approximate surface area is 105 Å². The molecule has 0 aliphatic rings. The molecule has 0 saturated carbocycles. The van der Waals surface area contributed by atoms with Gasteiger partial charge in [0.2, 0.25) is 0 Å². The number of halogens is 2. The lowest BCUT2D eigenvalue weighted by molar-refractivity contribution is 0.00678. The average molecular weight is 337 g/mol. The van der Waals surface area contributed by atoms with E-state index in [1.54, 1.807) is 12.3 Å². The number of carbonyl (C=O) groups excluding carboxylic acids is 1. The topological polar surface area (TPSA) is 39.2 Å². The highest BCUT2D eigenvalue weighted by atomic mass is 79.9. The van der Waals surface area contributed by atoms with Crippen molar-refractivity contribution in [2.75, 3.05) is 0 Å². The largest absolute Gasteiger partial charge is 0.456 e. The highest BCUT2D eigenvalue weighted by Gasteiger charge is 2.20. The molecule has 0 N–H and O–H groups in total. The summed E-state index contributed by atoms with van der Waals surface area (Å²) in [6, 6.07) is 1.67. The molecule has 1 aromatic rings. The molecule has 0 aliphatic heterocycles. The van der Waals surface area contributed by atoms with Gasteiger partial charge < -0.3 is 4.74 Å². The second kappa shape index (κ2) is 4.61. The number of carbonyl (C=O) groups is 1. The second-order valence-corrected chi connectivity index (χ2v) is 5.66. The van der Waals surface area contributed by atoms with Gasteiger partial charge in [-0.25, -0.2) is 9.78 Å². The molecule has 1 rings (SSSR count). The van der Waals surface area contributed by atoms with Gasteiger partial charge in [0.25, 0.3) is 0 Å². The Balaban J connectivity index is 2.96. The van der Waals surface area contributed by atoms with Crippen molar-refractivity contribution in [3.8, 4) is 0 Å². The fraction of sp³-hybridized carbons (Fsp3) is 0.400. The van der Waals surface area contributed by atoms with Crippen LogP contribution in [0.4, 0.5) is 0 Å². The van der Waals surface area contributed by atoms with Crippen molar-refractivity contribution in [3.05, 3.63) is 26.9 Å². The van der Waals surface area contributed by atoms with E-state index in [9.17, 15) is 4.79 Å². The van der Waals surface area contributed by atoms with Crippen LogP contribution in [-0.4, -0.2) is 16.6 Å². The van der Waals surface area contributed by atoms with Gasteiger partial charge in [0.15, 0.2) is 0 Å². The Kier molecular flexibility index (Phi) is 3.89. The molecule has 0 radical (unpaired) electrons. The Morgan fingerprint density at radius 1 is 1.40 bits per heavy atom. The van der Waals surface area contributed by atoms with Gasteiger partial charge in [-0.3, -0.25) is 0 Å². The highest BCUT2D eigenvalue weighted by molar-refractivity contribution is 9.11. The predicted molar refractivity (Wildman–Crippen MR) is 64.8 cm³/mol. The molecule has 0 saturated heterocycles. The van der Waals surface area contributed by atoms with Crippen molar-refractivity contribution in [3.63, 3.8) is 0 Å². The number of pyridine rings is 1. The Hall–Kier alpha value is -0.420. The zero-order chi connectivity index (χ0) is 11.6. The Morgan fingerprint density at radius 3 is 2.53 bits per heavy atom. The van der Waals surface area contributed by atoms with Crippen molar-refractivity contribution < 1.29 is 9.53 Å². The zero-order valence-electron chi connectivity index (χ0n) is 8.67. The lowest BCUT2D eigenvalue weighted by atomic mass is 10.2. The smallest absolute Gasteiger partial charge is 0.341 e. The standard InChI is InChI=1S/C10H11Br2NO2/c1-10(2,3)15-9(14)7-4-6(11)5-13-8(7)12/h4-5H,1-3H3. The van der Waals surface area contributed by atoms with Crippen molar-refractivity contribution >= 4 is 37.8 Å². The van der Waals surface area contributed by atoms with Crippen molar-refractivity contribution in [1.29, 1.82) is 0 Å².